The van der Waals surface area contributed by atoms with Gasteiger partial charge in [-0.1, -0.05) is 0 Å². The van der Waals surface area contributed by atoms with Gasteiger partial charge >= 0.3 is 0 Å². The van der Waals surface area contributed by atoms with Gasteiger partial charge in [0.05, 0.1) is 11.8 Å². The van der Waals surface area contributed by atoms with Crippen molar-refractivity contribution in [2.45, 2.75) is 19.3 Å². The maximum Gasteiger partial charge on any atom is 0.148 e. The molecule has 0 atom stereocenters. The topological polar surface area (TPSA) is 65.4 Å². The number of hydrogen-bond acceptors (Lipinski definition) is 3. The molecule has 0 aromatic carbocycles. The molecule has 0 bridgehead atoms. The van der Waals surface area contributed by atoms with E-state index >= 15 is 0 Å². The predicted octanol–water partition coefficient (Wildman–Crippen LogP) is 2.27. The zero-order valence-corrected chi connectivity index (χ0v) is 9.23. The van der Waals surface area contributed by atoms with Crippen molar-refractivity contribution in [1.29, 1.82) is 5.26 Å². The normalized spacial score (nSPS) is 11.1. The molecule has 4 nitrogen and oxygen atoms in total. The van der Waals surface area contributed by atoms with Gasteiger partial charge in [-0.05, 0) is 26.0 Å². The van der Waals surface area contributed by atoms with Crippen molar-refractivity contribution in [2.24, 2.45) is 0 Å². The van der Waals surface area contributed by atoms with Crippen molar-refractivity contribution >= 4 is 0 Å². The molecule has 0 saturated heterocycles. The number of rotatable bonds is 2. The van der Waals surface area contributed by atoms with E-state index in [0.717, 1.165) is 11.3 Å². The van der Waals surface area contributed by atoms with Crippen molar-refractivity contribution in [3.63, 3.8) is 0 Å². The predicted molar refractivity (Wildman–Crippen MR) is 60.5 cm³/mol. The van der Waals surface area contributed by atoms with Gasteiger partial charge in [0.1, 0.15) is 11.2 Å². The summed E-state index contributed by atoms with van der Waals surface area (Å²) in [4.78, 5) is 11.5. The third-order valence-electron chi connectivity index (χ3n) is 2.39. The Bertz CT molecular complexity index is 520. The Morgan fingerprint density at radius 2 is 2.19 bits per heavy atom. The summed E-state index contributed by atoms with van der Waals surface area (Å²) in [7, 11) is 0. The largest absolute Gasteiger partial charge is 0.367 e. The smallest absolute Gasteiger partial charge is 0.148 e. The van der Waals surface area contributed by atoms with E-state index in [1.54, 1.807) is 6.20 Å². The van der Waals surface area contributed by atoms with Crippen LogP contribution in [0.5, 0.6) is 0 Å². The van der Waals surface area contributed by atoms with Crippen molar-refractivity contribution in [3.05, 3.63) is 36.5 Å². The van der Waals surface area contributed by atoms with E-state index < -0.39 is 5.41 Å². The Kier molecular flexibility index (Phi) is 2.45. The minimum absolute atomic E-state index is 0.550. The summed E-state index contributed by atoms with van der Waals surface area (Å²) in [5.74, 6) is 0.550. The Hall–Kier alpha value is -2.15. The van der Waals surface area contributed by atoms with E-state index in [1.807, 2.05) is 38.4 Å². The number of nitrogens with one attached hydrogen (secondary N) is 1. The highest BCUT2D eigenvalue weighted by atomic mass is 14.9. The van der Waals surface area contributed by atoms with Crippen molar-refractivity contribution in [1.82, 2.24) is 15.0 Å². The van der Waals surface area contributed by atoms with Crippen LogP contribution < -0.4 is 0 Å². The van der Waals surface area contributed by atoms with Gasteiger partial charge in [0.25, 0.3) is 0 Å². The van der Waals surface area contributed by atoms with Crippen molar-refractivity contribution in [3.8, 4) is 17.3 Å². The molecule has 0 saturated carbocycles. The Morgan fingerprint density at radius 3 is 2.81 bits per heavy atom. The number of aromatic nitrogens is 3. The molecule has 0 radical (unpaired) electrons. The second kappa shape index (κ2) is 3.78. The third kappa shape index (κ3) is 1.80. The Balaban J connectivity index is 2.46. The molecule has 0 spiro atoms. The summed E-state index contributed by atoms with van der Waals surface area (Å²) in [5, 5.41) is 9.03. The molecule has 0 aliphatic rings. The molecule has 2 aromatic rings. The fourth-order valence-electron chi connectivity index (χ4n) is 1.35. The third-order valence-corrected chi connectivity index (χ3v) is 2.39. The van der Waals surface area contributed by atoms with Crippen LogP contribution in [-0.4, -0.2) is 15.0 Å². The first-order valence-electron chi connectivity index (χ1n) is 5.01. The van der Waals surface area contributed by atoms with E-state index in [-0.39, 0.29) is 0 Å². The average Bonchev–Trinajstić information content (AvgIpc) is 2.83. The van der Waals surface area contributed by atoms with Gasteiger partial charge in [0.15, 0.2) is 0 Å². The highest BCUT2D eigenvalue weighted by Gasteiger charge is 2.23. The molecule has 0 aliphatic heterocycles. The van der Waals surface area contributed by atoms with Crippen LogP contribution in [0, 0.1) is 11.3 Å². The molecule has 0 fully saturated rings. The lowest BCUT2D eigenvalue weighted by Gasteiger charge is -2.13. The van der Waals surface area contributed by atoms with Crippen molar-refractivity contribution < 1.29 is 0 Å². The number of nitriles is 1. The maximum atomic E-state index is 9.03. The van der Waals surface area contributed by atoms with E-state index in [0.29, 0.717) is 5.82 Å². The van der Waals surface area contributed by atoms with Gasteiger partial charge in [-0.2, -0.15) is 5.26 Å². The highest BCUT2D eigenvalue weighted by molar-refractivity contribution is 5.57. The molecule has 16 heavy (non-hydrogen) atoms. The summed E-state index contributed by atoms with van der Waals surface area (Å²) < 4.78 is 0. The Morgan fingerprint density at radius 1 is 1.38 bits per heavy atom. The summed E-state index contributed by atoms with van der Waals surface area (Å²) in [6.07, 6.45) is 5.39. The Labute approximate surface area is 94.0 Å². The zero-order chi connectivity index (χ0) is 11.6. The monoisotopic (exact) mass is 212 g/mol. The summed E-state index contributed by atoms with van der Waals surface area (Å²) in [6.45, 7) is 3.62. The van der Waals surface area contributed by atoms with Gasteiger partial charge in [-0.3, -0.25) is 0 Å². The number of aromatic amines is 1. The minimum Gasteiger partial charge on any atom is -0.367 e. The summed E-state index contributed by atoms with van der Waals surface area (Å²) in [5.41, 5.74) is 1.17. The van der Waals surface area contributed by atoms with E-state index in [9.17, 15) is 0 Å². The molecule has 0 amide bonds. The molecule has 2 rings (SSSR count). The van der Waals surface area contributed by atoms with Crippen LogP contribution in [-0.2, 0) is 5.41 Å². The molecular formula is C12H12N4. The first-order valence-corrected chi connectivity index (χ1v) is 5.01. The second-order valence-corrected chi connectivity index (χ2v) is 4.10. The van der Waals surface area contributed by atoms with Gasteiger partial charge in [-0.25, -0.2) is 9.97 Å². The van der Waals surface area contributed by atoms with Gasteiger partial charge in [0.2, 0.25) is 0 Å². The molecule has 4 heteroatoms. The van der Waals surface area contributed by atoms with E-state index in [1.165, 1.54) is 0 Å². The van der Waals surface area contributed by atoms with Crippen LogP contribution in [0.1, 0.15) is 19.7 Å². The van der Waals surface area contributed by atoms with Crippen LogP contribution in [0.4, 0.5) is 0 Å². The lowest BCUT2D eigenvalue weighted by molar-refractivity contribution is 0.630. The van der Waals surface area contributed by atoms with E-state index in [4.69, 9.17) is 5.26 Å². The first kappa shape index (κ1) is 10.4. The summed E-state index contributed by atoms with van der Waals surface area (Å²) in [6, 6.07) is 5.97. The fourth-order valence-corrected chi connectivity index (χ4v) is 1.35. The van der Waals surface area contributed by atoms with Gasteiger partial charge in [-0.15, -0.1) is 0 Å². The molecule has 1 N–H and O–H groups in total. The second-order valence-electron chi connectivity index (χ2n) is 4.10. The molecule has 80 valence electrons. The molecule has 0 unspecified atom stereocenters. The van der Waals surface area contributed by atoms with Crippen LogP contribution >= 0.6 is 0 Å². The SMILES string of the molecule is CC(C)(C#N)c1nccc(-c2cc[nH]c2)n1. The zero-order valence-electron chi connectivity index (χ0n) is 9.23. The molecule has 0 aliphatic carbocycles. The van der Waals surface area contributed by atoms with Gasteiger partial charge in [0, 0.05) is 24.2 Å². The standard InChI is InChI=1S/C12H12N4/c1-12(2,8-13)11-15-6-4-10(16-11)9-3-5-14-7-9/h3-7,14H,1-2H3. The van der Waals surface area contributed by atoms with Crippen LogP contribution in [0.3, 0.4) is 0 Å². The van der Waals surface area contributed by atoms with Crippen molar-refractivity contribution in [2.75, 3.05) is 0 Å². The lowest BCUT2D eigenvalue weighted by Crippen LogP contribution is -2.18. The first-order chi connectivity index (χ1) is 7.63. The fraction of sp³-hybridized carbons (Fsp3) is 0.250. The summed E-state index contributed by atoms with van der Waals surface area (Å²) >= 11 is 0. The number of hydrogen-bond donors (Lipinski definition) is 1. The van der Waals surface area contributed by atoms with E-state index in [2.05, 4.69) is 21.0 Å². The van der Waals surface area contributed by atoms with Crippen LogP contribution in [0.2, 0.25) is 0 Å². The minimum atomic E-state index is -0.660. The van der Waals surface area contributed by atoms with Crippen LogP contribution in [0.15, 0.2) is 30.7 Å². The highest BCUT2D eigenvalue weighted by Crippen LogP contribution is 2.21. The maximum absolute atomic E-state index is 9.03. The quantitative estimate of drug-likeness (QED) is 0.830. The molecule has 2 heterocycles. The number of H-pyrrole nitrogens is 1. The molecular weight excluding hydrogens is 200 g/mol. The lowest BCUT2D eigenvalue weighted by atomic mass is 9.94. The van der Waals surface area contributed by atoms with Crippen LogP contribution in [0.25, 0.3) is 11.3 Å². The average molecular weight is 212 g/mol. The van der Waals surface area contributed by atoms with Gasteiger partial charge < -0.3 is 4.98 Å². The number of nitrogens with zero attached hydrogens (tertiary/aromatic N) is 3. The molecule has 2 aromatic heterocycles.